The van der Waals surface area contributed by atoms with E-state index in [1.807, 2.05) is 0 Å². The molecule has 0 heterocycles. The minimum Gasteiger partial charge on any atom is -0.350 e. The van der Waals surface area contributed by atoms with Crippen molar-refractivity contribution in [3.63, 3.8) is 0 Å². The highest BCUT2D eigenvalue weighted by atomic mass is 35.5. The molecule has 0 fully saturated rings. The molecule has 0 spiro atoms. The number of nitrogens with one attached hydrogen (secondary N) is 1. The quantitative estimate of drug-likeness (QED) is 0.503. The number of halogens is 2. The number of carbonyl (C=O) groups excluding carboxylic acids is 2. The first-order valence-corrected chi connectivity index (χ1v) is 6.69. The Morgan fingerprint density at radius 1 is 0.955 bits per heavy atom. The van der Waals surface area contributed by atoms with Gasteiger partial charge in [-0.2, -0.15) is 0 Å². The molecule has 0 bridgehead atoms. The van der Waals surface area contributed by atoms with Gasteiger partial charge in [-0.15, -0.1) is 0 Å². The van der Waals surface area contributed by atoms with E-state index >= 15 is 0 Å². The van der Waals surface area contributed by atoms with E-state index in [4.69, 9.17) is 23.2 Å². The Morgan fingerprint density at radius 3 is 2.00 bits per heavy atom. The third kappa shape index (κ3) is 3.60. The van der Waals surface area contributed by atoms with Crippen molar-refractivity contribution in [1.82, 2.24) is 0 Å². The molecular weight excluding hydrogens is 331 g/mol. The normalized spacial score (nSPS) is 10.1. The monoisotopic (exact) mass is 338 g/mol. The fraction of sp³-hybridized carbons (Fsp3) is 0. The summed E-state index contributed by atoms with van der Waals surface area (Å²) < 4.78 is 0. The van der Waals surface area contributed by atoms with Crippen LogP contribution in [0.5, 0.6) is 0 Å². The molecule has 0 aromatic heterocycles. The van der Waals surface area contributed by atoms with E-state index in [1.165, 1.54) is 42.5 Å². The lowest BCUT2D eigenvalue weighted by atomic mass is 10.1. The zero-order valence-corrected chi connectivity index (χ0v) is 12.4. The van der Waals surface area contributed by atoms with E-state index in [2.05, 4.69) is 5.32 Å². The fourth-order valence-corrected chi connectivity index (χ4v) is 2.00. The number of nitro benzene ring substituents is 1. The summed E-state index contributed by atoms with van der Waals surface area (Å²) in [6.45, 7) is 0. The van der Waals surface area contributed by atoms with Crippen LogP contribution in [0.1, 0.15) is 20.7 Å². The highest BCUT2D eigenvalue weighted by molar-refractivity contribution is 6.68. The van der Waals surface area contributed by atoms with Gasteiger partial charge in [-0.3, -0.25) is 19.7 Å². The van der Waals surface area contributed by atoms with E-state index in [0.29, 0.717) is 11.3 Å². The van der Waals surface area contributed by atoms with Gasteiger partial charge in [-0.1, -0.05) is 0 Å². The van der Waals surface area contributed by atoms with Crippen LogP contribution in [0.2, 0.25) is 0 Å². The maximum atomic E-state index is 11.2. The third-order valence-corrected chi connectivity index (χ3v) is 3.25. The van der Waals surface area contributed by atoms with Crippen molar-refractivity contribution < 1.29 is 14.5 Å². The number of nitro groups is 1. The second-order valence-electron chi connectivity index (χ2n) is 4.24. The molecule has 2 aromatic carbocycles. The molecule has 8 heteroatoms. The van der Waals surface area contributed by atoms with Crippen LogP contribution in [0.15, 0.2) is 42.5 Å². The van der Waals surface area contributed by atoms with Crippen LogP contribution in [-0.4, -0.2) is 15.4 Å². The van der Waals surface area contributed by atoms with E-state index in [1.54, 1.807) is 0 Å². The summed E-state index contributed by atoms with van der Waals surface area (Å²) in [4.78, 5) is 32.6. The smallest absolute Gasteiger partial charge is 0.292 e. The Balaban J connectivity index is 2.38. The zero-order chi connectivity index (χ0) is 16.3. The number of hydrogen-bond donors (Lipinski definition) is 1. The molecule has 0 aliphatic carbocycles. The van der Waals surface area contributed by atoms with E-state index in [0.717, 1.165) is 0 Å². The van der Waals surface area contributed by atoms with Gasteiger partial charge in [0.15, 0.2) is 0 Å². The molecule has 0 radical (unpaired) electrons. The number of anilines is 2. The Morgan fingerprint density at radius 2 is 1.50 bits per heavy atom. The molecule has 112 valence electrons. The van der Waals surface area contributed by atoms with Gasteiger partial charge in [0.2, 0.25) is 0 Å². The van der Waals surface area contributed by atoms with Crippen molar-refractivity contribution in [3.05, 3.63) is 63.7 Å². The van der Waals surface area contributed by atoms with E-state index in [-0.39, 0.29) is 16.9 Å². The summed E-state index contributed by atoms with van der Waals surface area (Å²) in [7, 11) is 0. The van der Waals surface area contributed by atoms with Crippen molar-refractivity contribution in [3.8, 4) is 0 Å². The standard InChI is InChI=1S/C14H8Cl2N2O4/c15-13(19)8-1-4-10(5-2-8)17-11-7-9(14(16)20)3-6-12(11)18(21)22/h1-7,17H. The summed E-state index contributed by atoms with van der Waals surface area (Å²) in [5.74, 6) is 0. The van der Waals surface area contributed by atoms with Gasteiger partial charge in [0.25, 0.3) is 16.2 Å². The third-order valence-electron chi connectivity index (χ3n) is 2.81. The highest BCUT2D eigenvalue weighted by Crippen LogP contribution is 2.29. The first-order chi connectivity index (χ1) is 10.4. The van der Waals surface area contributed by atoms with Gasteiger partial charge >= 0.3 is 0 Å². The average molecular weight is 339 g/mol. The van der Waals surface area contributed by atoms with Crippen LogP contribution in [0, 0.1) is 10.1 Å². The summed E-state index contributed by atoms with van der Waals surface area (Å²) in [5, 5.41) is 12.5. The Bertz CT molecular complexity index is 760. The van der Waals surface area contributed by atoms with Crippen molar-refractivity contribution in [2.24, 2.45) is 0 Å². The van der Waals surface area contributed by atoms with Crippen molar-refractivity contribution in [1.29, 1.82) is 0 Å². The number of hydrogen-bond acceptors (Lipinski definition) is 5. The summed E-state index contributed by atoms with van der Waals surface area (Å²) in [6.07, 6.45) is 0. The molecule has 0 aliphatic rings. The predicted octanol–water partition coefficient (Wildman–Crippen LogP) is 4.10. The second kappa shape index (κ2) is 6.55. The largest absolute Gasteiger partial charge is 0.350 e. The second-order valence-corrected chi connectivity index (χ2v) is 4.93. The molecule has 6 nitrogen and oxygen atoms in total. The molecule has 2 aromatic rings. The van der Waals surface area contributed by atoms with Crippen molar-refractivity contribution >= 4 is 50.7 Å². The first-order valence-electron chi connectivity index (χ1n) is 5.93. The molecule has 2 rings (SSSR count). The van der Waals surface area contributed by atoms with Crippen molar-refractivity contribution in [2.75, 3.05) is 5.32 Å². The van der Waals surface area contributed by atoms with Gasteiger partial charge in [-0.05, 0) is 59.6 Å². The number of benzene rings is 2. The fourth-order valence-electron chi connectivity index (χ4n) is 1.76. The SMILES string of the molecule is O=C(Cl)c1ccc(Nc2cc(C(=O)Cl)ccc2[N+](=O)[O-])cc1. The van der Waals surface area contributed by atoms with Crippen LogP contribution in [0.25, 0.3) is 0 Å². The summed E-state index contributed by atoms with van der Waals surface area (Å²) >= 11 is 10.7. The minimum absolute atomic E-state index is 0.112. The number of nitrogens with zero attached hydrogens (tertiary/aromatic N) is 1. The average Bonchev–Trinajstić information content (AvgIpc) is 2.47. The van der Waals surface area contributed by atoms with Crippen LogP contribution in [-0.2, 0) is 0 Å². The molecule has 0 atom stereocenters. The topological polar surface area (TPSA) is 89.3 Å². The maximum Gasteiger partial charge on any atom is 0.292 e. The van der Waals surface area contributed by atoms with Crippen LogP contribution in [0.4, 0.5) is 17.1 Å². The summed E-state index contributed by atoms with van der Waals surface area (Å²) in [5.41, 5.74) is 0.818. The maximum absolute atomic E-state index is 11.2. The van der Waals surface area contributed by atoms with Gasteiger partial charge < -0.3 is 5.32 Å². The van der Waals surface area contributed by atoms with Crippen molar-refractivity contribution in [2.45, 2.75) is 0 Å². The summed E-state index contributed by atoms with van der Waals surface area (Å²) in [6, 6.07) is 9.76. The lowest BCUT2D eigenvalue weighted by Crippen LogP contribution is -2.00. The molecule has 0 unspecified atom stereocenters. The molecule has 0 aliphatic heterocycles. The lowest BCUT2D eigenvalue weighted by Gasteiger charge is -2.08. The first kappa shape index (κ1) is 15.9. The Labute approximate surface area is 134 Å². The Kier molecular flexibility index (Phi) is 4.75. The lowest BCUT2D eigenvalue weighted by molar-refractivity contribution is -0.383. The van der Waals surface area contributed by atoms with Gasteiger partial charge in [0, 0.05) is 22.9 Å². The predicted molar refractivity (Wildman–Crippen MR) is 83.2 cm³/mol. The van der Waals surface area contributed by atoms with Gasteiger partial charge in [0.1, 0.15) is 5.69 Å². The molecule has 0 amide bonds. The van der Waals surface area contributed by atoms with Crippen LogP contribution in [0.3, 0.4) is 0 Å². The minimum atomic E-state index is -0.721. The molecule has 22 heavy (non-hydrogen) atoms. The highest BCUT2D eigenvalue weighted by Gasteiger charge is 2.16. The molecule has 1 N–H and O–H groups in total. The molecular formula is C14H8Cl2N2O4. The number of rotatable bonds is 5. The molecule has 0 saturated carbocycles. The van der Waals surface area contributed by atoms with Crippen LogP contribution >= 0.6 is 23.2 Å². The van der Waals surface area contributed by atoms with E-state index in [9.17, 15) is 19.7 Å². The van der Waals surface area contributed by atoms with Gasteiger partial charge in [0.05, 0.1) is 4.92 Å². The number of carbonyl (C=O) groups is 2. The van der Waals surface area contributed by atoms with Crippen LogP contribution < -0.4 is 5.32 Å². The zero-order valence-electron chi connectivity index (χ0n) is 10.9. The Hall–Kier alpha value is -2.44. The van der Waals surface area contributed by atoms with E-state index < -0.39 is 15.4 Å². The van der Waals surface area contributed by atoms with Gasteiger partial charge in [-0.25, -0.2) is 0 Å². The molecule has 0 saturated heterocycles.